The van der Waals surface area contributed by atoms with Crippen LogP contribution in [0.5, 0.6) is 23.0 Å². The summed E-state index contributed by atoms with van der Waals surface area (Å²) in [6.07, 6.45) is -2.03. The van der Waals surface area contributed by atoms with Gasteiger partial charge in [0.2, 0.25) is 0 Å². The summed E-state index contributed by atoms with van der Waals surface area (Å²) >= 11 is 0. The third-order valence-electron chi connectivity index (χ3n) is 4.91. The monoisotopic (exact) mass is 570 g/mol. The number of methoxy groups -OCH3 is 2. The summed E-state index contributed by atoms with van der Waals surface area (Å²) in [6, 6.07) is 6.84. The van der Waals surface area contributed by atoms with E-state index in [1.54, 1.807) is 0 Å². The predicted molar refractivity (Wildman–Crippen MR) is 127 cm³/mol. The third kappa shape index (κ3) is 8.49. The number of benzene rings is 2. The number of aryl methyl sites for hydroxylation is 1. The molecule has 16 heteroatoms. The number of para-hydroxylation sites is 1. The van der Waals surface area contributed by atoms with Crippen LogP contribution in [0.25, 0.3) is 0 Å². The van der Waals surface area contributed by atoms with Gasteiger partial charge in [-0.05, 0) is 30.5 Å². The minimum absolute atomic E-state index is 0.0536. The van der Waals surface area contributed by atoms with E-state index in [1.807, 2.05) is 0 Å². The number of phenols is 1. The zero-order valence-corrected chi connectivity index (χ0v) is 21.6. The molecule has 0 aliphatic carbocycles. The molecule has 0 radical (unpaired) electrons. The summed E-state index contributed by atoms with van der Waals surface area (Å²) < 4.78 is 113. The Morgan fingerprint density at radius 1 is 0.833 bits per heavy atom. The first-order chi connectivity index (χ1) is 16.6. The van der Waals surface area contributed by atoms with Gasteiger partial charge in [0.25, 0.3) is 30.4 Å². The van der Waals surface area contributed by atoms with Gasteiger partial charge in [0, 0.05) is 12.0 Å². The highest BCUT2D eigenvalue weighted by molar-refractivity contribution is 7.86. The lowest BCUT2D eigenvalue weighted by Crippen LogP contribution is -2.29. The van der Waals surface area contributed by atoms with Gasteiger partial charge in [0.15, 0.2) is 23.0 Å². The van der Waals surface area contributed by atoms with E-state index < -0.39 is 58.6 Å². The molecule has 2 rings (SSSR count). The lowest BCUT2D eigenvalue weighted by Gasteiger charge is -2.22. The third-order valence-corrected chi connectivity index (χ3v) is 7.47. The Bertz CT molecular complexity index is 1400. The Morgan fingerprint density at radius 3 is 2.03 bits per heavy atom. The highest BCUT2D eigenvalue weighted by Crippen LogP contribution is 2.39. The topological polar surface area (TPSA) is 211 Å². The van der Waals surface area contributed by atoms with Crippen LogP contribution in [0, 0.1) is 0 Å². The van der Waals surface area contributed by atoms with E-state index in [0.717, 1.165) is 7.11 Å². The van der Waals surface area contributed by atoms with Gasteiger partial charge in [0.05, 0.1) is 20.0 Å². The number of phenolic OH excluding ortho intramolecular Hbond substituents is 1. The van der Waals surface area contributed by atoms with Crippen molar-refractivity contribution in [1.29, 1.82) is 0 Å². The zero-order valence-electron chi connectivity index (χ0n) is 19.2. The summed E-state index contributed by atoms with van der Waals surface area (Å²) in [5.74, 6) is -2.65. The molecule has 13 nitrogen and oxygen atoms in total. The minimum Gasteiger partial charge on any atom is -0.504 e. The van der Waals surface area contributed by atoms with Crippen molar-refractivity contribution < 1.29 is 58.2 Å². The maximum atomic E-state index is 12.1. The average molecular weight is 571 g/mol. The van der Waals surface area contributed by atoms with Crippen LogP contribution in [-0.2, 0) is 43.2 Å². The predicted octanol–water partition coefficient (Wildman–Crippen LogP) is 1.35. The molecule has 0 aromatic heterocycles. The van der Waals surface area contributed by atoms with Crippen molar-refractivity contribution in [3.63, 3.8) is 0 Å². The summed E-state index contributed by atoms with van der Waals surface area (Å²) in [5, 5.41) is 10.3. The first-order valence-electron chi connectivity index (χ1n) is 10.1. The van der Waals surface area contributed by atoms with Crippen LogP contribution < -0.4 is 14.2 Å². The van der Waals surface area contributed by atoms with Crippen molar-refractivity contribution in [2.24, 2.45) is 0 Å². The number of ether oxygens (including phenoxy) is 3. The van der Waals surface area contributed by atoms with Crippen molar-refractivity contribution >= 4 is 30.4 Å². The molecule has 2 aromatic carbocycles. The van der Waals surface area contributed by atoms with E-state index in [9.17, 15) is 39.5 Å². The molecule has 36 heavy (non-hydrogen) atoms. The molecule has 1 unspecified atom stereocenters. The normalized spacial score (nSPS) is 13.2. The van der Waals surface area contributed by atoms with Crippen molar-refractivity contribution in [2.45, 2.75) is 30.3 Å². The van der Waals surface area contributed by atoms with Gasteiger partial charge in [-0.1, -0.05) is 18.2 Å². The lowest BCUT2D eigenvalue weighted by atomic mass is 10.1. The van der Waals surface area contributed by atoms with Crippen molar-refractivity contribution in [3.8, 4) is 23.0 Å². The first kappa shape index (κ1) is 29.6. The van der Waals surface area contributed by atoms with E-state index >= 15 is 0 Å². The first-order valence-corrected chi connectivity index (χ1v) is 14.8. The Morgan fingerprint density at radius 2 is 1.50 bits per heavy atom. The maximum absolute atomic E-state index is 12.1. The summed E-state index contributed by atoms with van der Waals surface area (Å²) in [5.41, 5.74) is 0.140. The summed E-state index contributed by atoms with van der Waals surface area (Å²) in [4.78, 5) is -0.743. The van der Waals surface area contributed by atoms with Gasteiger partial charge in [-0.2, -0.15) is 25.3 Å². The van der Waals surface area contributed by atoms with E-state index in [1.165, 1.54) is 37.4 Å². The highest BCUT2D eigenvalue weighted by atomic mass is 32.2. The molecule has 0 heterocycles. The zero-order chi connectivity index (χ0) is 27.3. The molecule has 202 valence electrons. The van der Waals surface area contributed by atoms with Gasteiger partial charge in [-0.15, -0.1) is 0 Å². The maximum Gasteiger partial charge on any atom is 0.298 e. The molecule has 0 saturated heterocycles. The van der Waals surface area contributed by atoms with Crippen LogP contribution in [0.4, 0.5) is 0 Å². The van der Waals surface area contributed by atoms with Crippen LogP contribution in [0.3, 0.4) is 0 Å². The molecular weight excluding hydrogens is 544 g/mol. The second-order valence-corrected chi connectivity index (χ2v) is 12.0. The van der Waals surface area contributed by atoms with Crippen LogP contribution >= 0.6 is 0 Å². The number of rotatable bonds is 13. The van der Waals surface area contributed by atoms with Crippen molar-refractivity contribution in [3.05, 3.63) is 41.5 Å². The highest BCUT2D eigenvalue weighted by Gasteiger charge is 2.28. The molecular formula is C20H26O13S3. The summed E-state index contributed by atoms with van der Waals surface area (Å²) in [6.45, 7) is 0. The van der Waals surface area contributed by atoms with Crippen LogP contribution in [0.2, 0.25) is 0 Å². The fraction of sp³-hybridized carbons (Fsp3) is 0.400. The molecule has 4 N–H and O–H groups in total. The Balaban J connectivity index is 2.52. The van der Waals surface area contributed by atoms with Gasteiger partial charge in [-0.3, -0.25) is 13.7 Å². The second kappa shape index (κ2) is 11.6. The quantitative estimate of drug-likeness (QED) is 0.251. The molecule has 0 aliphatic heterocycles. The standard InChI is InChI=1S/C20H26O13S3/c1-31-16-7-3-5-14(18(16)21)11-15(12-35(25,26)27)33-17-9-8-13(6-4-10-34(22,23)24)20(19(17)32-2)36(28,29)30/h3,5,7-9,15,21H,4,6,10-12H2,1-2H3,(H,22,23,24)(H,25,26,27)(H,28,29,30). The Labute approximate surface area is 208 Å². The SMILES string of the molecule is COc1cccc(CC(CS(=O)(=O)O)Oc2ccc(CCCS(=O)(=O)O)c(S(=O)(=O)O)c2OC)c1O. The molecule has 1 atom stereocenters. The number of hydrogen-bond acceptors (Lipinski definition) is 10. The molecule has 0 spiro atoms. The number of aromatic hydroxyl groups is 1. The van der Waals surface area contributed by atoms with E-state index in [2.05, 4.69) is 0 Å². The molecule has 0 bridgehead atoms. The van der Waals surface area contributed by atoms with Crippen molar-refractivity contribution in [1.82, 2.24) is 0 Å². The van der Waals surface area contributed by atoms with E-state index in [-0.39, 0.29) is 47.6 Å². The minimum atomic E-state index is -4.95. The fourth-order valence-corrected chi connectivity index (χ4v) is 5.57. The molecule has 2 aromatic rings. The van der Waals surface area contributed by atoms with Gasteiger partial charge < -0.3 is 19.3 Å². The Hall–Kier alpha value is -2.63. The van der Waals surface area contributed by atoms with E-state index in [4.69, 9.17) is 18.8 Å². The Kier molecular flexibility index (Phi) is 9.55. The smallest absolute Gasteiger partial charge is 0.298 e. The molecule has 0 amide bonds. The fourth-order valence-electron chi connectivity index (χ4n) is 3.49. The van der Waals surface area contributed by atoms with Crippen LogP contribution in [0.1, 0.15) is 17.5 Å². The molecule has 0 saturated carbocycles. The summed E-state index contributed by atoms with van der Waals surface area (Å²) in [7, 11) is -11.5. The molecule has 0 aliphatic rings. The number of hydrogen-bond donors (Lipinski definition) is 4. The average Bonchev–Trinajstić information content (AvgIpc) is 2.72. The van der Waals surface area contributed by atoms with Gasteiger partial charge in [0.1, 0.15) is 16.8 Å². The lowest BCUT2D eigenvalue weighted by molar-refractivity contribution is 0.208. The van der Waals surface area contributed by atoms with Crippen LogP contribution in [-0.4, -0.2) is 75.8 Å². The van der Waals surface area contributed by atoms with Crippen molar-refractivity contribution in [2.75, 3.05) is 25.7 Å². The second-order valence-electron chi connectivity index (χ2n) is 7.61. The van der Waals surface area contributed by atoms with E-state index in [0.29, 0.717) is 0 Å². The van der Waals surface area contributed by atoms with Gasteiger partial charge in [-0.25, -0.2) is 0 Å². The van der Waals surface area contributed by atoms with Crippen LogP contribution in [0.15, 0.2) is 35.2 Å². The van der Waals surface area contributed by atoms with Gasteiger partial charge >= 0.3 is 0 Å². The molecule has 0 fully saturated rings. The largest absolute Gasteiger partial charge is 0.504 e.